The van der Waals surface area contributed by atoms with Crippen LogP contribution in [-0.2, 0) is 15.1 Å². The Labute approximate surface area is 186 Å². The van der Waals surface area contributed by atoms with Crippen molar-refractivity contribution in [2.24, 2.45) is 10.7 Å². The largest absolute Gasteiger partial charge is 0.378 e. The van der Waals surface area contributed by atoms with E-state index in [1.807, 2.05) is 38.1 Å². The Bertz CT molecular complexity index is 995. The number of nitrogens with two attached hydrogens (primary N) is 1. The predicted molar refractivity (Wildman–Crippen MR) is 119 cm³/mol. The van der Waals surface area contributed by atoms with E-state index in [-0.39, 0.29) is 30.4 Å². The van der Waals surface area contributed by atoms with Gasteiger partial charge in [-0.15, -0.1) is 0 Å². The van der Waals surface area contributed by atoms with Gasteiger partial charge >= 0.3 is 0 Å². The average molecular weight is 447 g/mol. The molecule has 0 unspecified atom stereocenters. The molecule has 8 heteroatoms. The van der Waals surface area contributed by atoms with Crippen LogP contribution in [0.2, 0.25) is 10.2 Å². The van der Waals surface area contributed by atoms with Crippen molar-refractivity contribution in [3.8, 4) is 11.1 Å². The molecule has 30 heavy (non-hydrogen) atoms. The first-order valence-electron chi connectivity index (χ1n) is 9.98. The molecular weight excluding hydrogens is 423 g/mol. The number of aliphatic imine (C=N–C) groups is 1. The molecule has 0 bridgehead atoms. The second-order valence-corrected chi connectivity index (χ2v) is 8.85. The van der Waals surface area contributed by atoms with Crippen molar-refractivity contribution < 1.29 is 9.53 Å². The van der Waals surface area contributed by atoms with Gasteiger partial charge in [-0.2, -0.15) is 0 Å². The summed E-state index contributed by atoms with van der Waals surface area (Å²) in [6, 6.07) is 9.30. The molecule has 1 aromatic heterocycles. The quantitative estimate of drug-likeness (QED) is 0.708. The molecule has 1 fully saturated rings. The molecule has 0 aliphatic carbocycles. The number of pyridine rings is 1. The second-order valence-electron chi connectivity index (χ2n) is 8.08. The maximum absolute atomic E-state index is 13.2. The zero-order chi connectivity index (χ0) is 21.5. The molecule has 3 atom stereocenters. The minimum Gasteiger partial charge on any atom is -0.378 e. The lowest BCUT2D eigenvalue weighted by atomic mass is 9.85. The van der Waals surface area contributed by atoms with E-state index in [4.69, 9.17) is 38.7 Å². The van der Waals surface area contributed by atoms with Crippen LogP contribution in [0.3, 0.4) is 0 Å². The number of carbonyl (C=O) groups is 1. The molecular formula is C22H24Cl2N4O2. The number of nitrogens with zero attached hydrogens (tertiary/aromatic N) is 3. The van der Waals surface area contributed by atoms with Crippen LogP contribution >= 0.6 is 23.2 Å². The molecule has 1 aromatic carbocycles. The molecule has 2 N–H and O–H groups in total. The maximum Gasteiger partial charge on any atom is 0.232 e. The number of halogens is 2. The van der Waals surface area contributed by atoms with E-state index in [0.717, 1.165) is 29.5 Å². The van der Waals surface area contributed by atoms with E-state index in [0.29, 0.717) is 16.8 Å². The summed E-state index contributed by atoms with van der Waals surface area (Å²) in [7, 11) is 0. The first-order valence-corrected chi connectivity index (χ1v) is 10.7. The summed E-state index contributed by atoms with van der Waals surface area (Å²) in [6.07, 6.45) is 3.47. The third-order valence-corrected chi connectivity index (χ3v) is 6.44. The van der Waals surface area contributed by atoms with E-state index >= 15 is 0 Å². The molecule has 1 saturated heterocycles. The fourth-order valence-corrected chi connectivity index (χ4v) is 4.87. The van der Waals surface area contributed by atoms with Crippen LogP contribution in [0, 0.1) is 0 Å². The zero-order valence-electron chi connectivity index (χ0n) is 16.9. The summed E-state index contributed by atoms with van der Waals surface area (Å²) in [6.45, 7) is 4.52. The summed E-state index contributed by atoms with van der Waals surface area (Å²) in [5.74, 6) is 0.196. The van der Waals surface area contributed by atoms with E-state index in [1.54, 1.807) is 17.2 Å². The van der Waals surface area contributed by atoms with Crippen LogP contribution in [0.4, 0.5) is 0 Å². The topological polar surface area (TPSA) is 80.8 Å². The van der Waals surface area contributed by atoms with Crippen LogP contribution in [0.25, 0.3) is 11.1 Å². The van der Waals surface area contributed by atoms with Gasteiger partial charge in [0.1, 0.15) is 5.15 Å². The summed E-state index contributed by atoms with van der Waals surface area (Å²) >= 11 is 12.7. The van der Waals surface area contributed by atoms with Crippen molar-refractivity contribution in [1.82, 2.24) is 9.88 Å². The van der Waals surface area contributed by atoms with Gasteiger partial charge in [-0.05, 0) is 44.4 Å². The molecule has 1 amide bonds. The Morgan fingerprint density at radius 3 is 2.73 bits per heavy atom. The normalized spacial score (nSPS) is 27.1. The van der Waals surface area contributed by atoms with Gasteiger partial charge in [-0.25, -0.2) is 9.98 Å². The van der Waals surface area contributed by atoms with Crippen LogP contribution < -0.4 is 5.73 Å². The first kappa shape index (κ1) is 21.1. The van der Waals surface area contributed by atoms with Crippen LogP contribution in [0.5, 0.6) is 0 Å². The van der Waals surface area contributed by atoms with Crippen LogP contribution in [0.15, 0.2) is 41.5 Å². The summed E-state index contributed by atoms with van der Waals surface area (Å²) < 4.78 is 5.61. The van der Waals surface area contributed by atoms with Gasteiger partial charge < -0.3 is 10.5 Å². The fourth-order valence-electron chi connectivity index (χ4n) is 4.31. The summed E-state index contributed by atoms with van der Waals surface area (Å²) in [5.41, 5.74) is 7.88. The fraction of sp³-hybridized carbons (Fsp3) is 0.409. The first-order chi connectivity index (χ1) is 14.3. The molecule has 2 aliphatic heterocycles. The number of aromatic nitrogens is 1. The van der Waals surface area contributed by atoms with E-state index < -0.39 is 5.54 Å². The van der Waals surface area contributed by atoms with Crippen molar-refractivity contribution in [2.75, 3.05) is 6.61 Å². The highest BCUT2D eigenvalue weighted by molar-refractivity contribution is 6.34. The Morgan fingerprint density at radius 1 is 1.27 bits per heavy atom. The van der Waals surface area contributed by atoms with Gasteiger partial charge in [0.15, 0.2) is 5.96 Å². The van der Waals surface area contributed by atoms with Crippen molar-refractivity contribution in [1.29, 1.82) is 0 Å². The highest BCUT2D eigenvalue weighted by atomic mass is 35.5. The van der Waals surface area contributed by atoms with Gasteiger partial charge in [-0.1, -0.05) is 41.4 Å². The van der Waals surface area contributed by atoms with E-state index in [9.17, 15) is 4.79 Å². The van der Waals surface area contributed by atoms with Gasteiger partial charge in [0.2, 0.25) is 5.91 Å². The van der Waals surface area contributed by atoms with Gasteiger partial charge in [0, 0.05) is 30.0 Å². The maximum atomic E-state index is 13.2. The number of carbonyl (C=O) groups excluding carboxylic acids is 1. The Morgan fingerprint density at radius 2 is 2.07 bits per heavy atom. The van der Waals surface area contributed by atoms with Crippen LogP contribution in [-0.4, -0.2) is 40.5 Å². The lowest BCUT2D eigenvalue weighted by molar-refractivity contribution is -0.133. The highest BCUT2D eigenvalue weighted by Gasteiger charge is 2.42. The number of guanidine groups is 1. The molecule has 158 valence electrons. The molecule has 0 radical (unpaired) electrons. The van der Waals surface area contributed by atoms with Crippen molar-refractivity contribution in [3.63, 3.8) is 0 Å². The molecule has 0 spiro atoms. The standard InChI is InChI=1S/C22H24Cl2N4O2/c1-13-10-15(8-9-30-13)28-19(29)11-22(2,27-21(28)25)17-5-3-4-16(20(17)24)14-6-7-18(23)26-12-14/h3-7,12-13,15H,8-11H2,1-2H3,(H2,25,27)/t13-,15-,22-/m0/s1. The number of ether oxygens (including phenoxy) is 1. The lowest BCUT2D eigenvalue weighted by Crippen LogP contribution is -2.56. The van der Waals surface area contributed by atoms with Crippen molar-refractivity contribution in [2.45, 2.75) is 50.8 Å². The Kier molecular flexibility index (Phi) is 5.75. The van der Waals surface area contributed by atoms with Gasteiger partial charge in [0.05, 0.1) is 23.1 Å². The molecule has 2 aliphatic rings. The zero-order valence-corrected chi connectivity index (χ0v) is 18.5. The highest BCUT2D eigenvalue weighted by Crippen LogP contribution is 2.42. The number of rotatable bonds is 3. The monoisotopic (exact) mass is 446 g/mol. The van der Waals surface area contributed by atoms with E-state index in [2.05, 4.69) is 4.98 Å². The average Bonchev–Trinajstić information content (AvgIpc) is 2.68. The third kappa shape index (κ3) is 3.92. The Balaban J connectivity index is 1.70. The SMILES string of the molecule is C[C@H]1C[C@@H](N2C(=O)C[C@@](C)(c3cccc(-c4ccc(Cl)nc4)c3Cl)N=C2N)CCO1. The molecule has 6 nitrogen and oxygen atoms in total. The summed E-state index contributed by atoms with van der Waals surface area (Å²) in [4.78, 5) is 23.7. The number of hydrogen-bond acceptors (Lipinski definition) is 5. The minimum atomic E-state index is -0.846. The molecule has 2 aromatic rings. The molecule has 4 rings (SSSR count). The number of amides is 1. The van der Waals surface area contributed by atoms with Crippen LogP contribution in [0.1, 0.15) is 38.7 Å². The smallest absolute Gasteiger partial charge is 0.232 e. The predicted octanol–water partition coefficient (Wildman–Crippen LogP) is 4.39. The summed E-state index contributed by atoms with van der Waals surface area (Å²) in [5, 5.41) is 0.942. The Hall–Kier alpha value is -2.15. The van der Waals surface area contributed by atoms with Gasteiger partial charge in [-0.3, -0.25) is 9.69 Å². The molecule has 3 heterocycles. The van der Waals surface area contributed by atoms with E-state index in [1.165, 1.54) is 0 Å². The molecule has 0 saturated carbocycles. The van der Waals surface area contributed by atoms with Crippen molar-refractivity contribution >= 4 is 35.1 Å². The second kappa shape index (κ2) is 8.17. The number of benzene rings is 1. The minimum absolute atomic E-state index is 0.0106. The lowest BCUT2D eigenvalue weighted by Gasteiger charge is -2.41. The van der Waals surface area contributed by atoms with Crippen molar-refractivity contribution in [3.05, 3.63) is 52.3 Å². The van der Waals surface area contributed by atoms with Gasteiger partial charge in [0.25, 0.3) is 0 Å². The number of hydrogen-bond donors (Lipinski definition) is 1. The third-order valence-electron chi connectivity index (χ3n) is 5.81.